The number of sulfonamides is 1. The summed E-state index contributed by atoms with van der Waals surface area (Å²) in [6.07, 6.45) is 0.812. The van der Waals surface area contributed by atoms with Gasteiger partial charge in [-0.2, -0.15) is 0 Å². The fourth-order valence-electron chi connectivity index (χ4n) is 2.38. The smallest absolute Gasteiger partial charge is 0.241 e. The number of hydrogen-bond donors (Lipinski definition) is 3. The van der Waals surface area contributed by atoms with E-state index in [-0.39, 0.29) is 31.3 Å². The number of aryl methyl sites for hydroxylation is 3. The van der Waals surface area contributed by atoms with Crippen molar-refractivity contribution in [3.8, 4) is 0 Å². The summed E-state index contributed by atoms with van der Waals surface area (Å²) >= 11 is 0. The fourth-order valence-corrected chi connectivity index (χ4v) is 3.86. The molecule has 0 aliphatic rings. The van der Waals surface area contributed by atoms with Gasteiger partial charge in [-0.3, -0.25) is 4.79 Å². The maximum absolute atomic E-state index is 12.4. The van der Waals surface area contributed by atoms with Crippen LogP contribution in [0.3, 0.4) is 0 Å². The van der Waals surface area contributed by atoms with Crippen molar-refractivity contribution < 1.29 is 13.2 Å². The zero-order chi connectivity index (χ0) is 16.8. The molecule has 6 nitrogen and oxygen atoms in total. The van der Waals surface area contributed by atoms with Gasteiger partial charge in [0.15, 0.2) is 0 Å². The molecule has 0 atom stereocenters. The quantitative estimate of drug-likeness (QED) is 0.603. The molecule has 0 fully saturated rings. The number of rotatable bonds is 8. The maximum Gasteiger partial charge on any atom is 0.241 e. The Hall–Kier alpha value is -1.15. The van der Waals surface area contributed by atoms with Crippen molar-refractivity contribution in [2.45, 2.75) is 38.5 Å². The van der Waals surface area contributed by atoms with Crippen molar-refractivity contribution in [3.63, 3.8) is 0 Å². The first-order chi connectivity index (χ1) is 10.3. The van der Waals surface area contributed by atoms with Crippen LogP contribution < -0.4 is 15.8 Å². The van der Waals surface area contributed by atoms with E-state index in [1.165, 1.54) is 0 Å². The van der Waals surface area contributed by atoms with Gasteiger partial charge in [-0.15, -0.1) is 12.4 Å². The number of amides is 1. The van der Waals surface area contributed by atoms with E-state index in [4.69, 9.17) is 5.73 Å². The zero-order valence-corrected chi connectivity index (χ0v) is 15.4. The van der Waals surface area contributed by atoms with Crippen LogP contribution in [0.2, 0.25) is 0 Å². The lowest BCUT2D eigenvalue weighted by molar-refractivity contribution is -0.120. The van der Waals surface area contributed by atoms with Gasteiger partial charge in [0.25, 0.3) is 0 Å². The SMILES string of the molecule is Cc1cc(C)c(S(=O)(=O)NCCC(=O)NCCCN)c(C)c1.Cl. The van der Waals surface area contributed by atoms with Crippen molar-refractivity contribution >= 4 is 28.3 Å². The Bertz CT molecular complexity index is 610. The third-order valence-electron chi connectivity index (χ3n) is 3.22. The Labute approximate surface area is 144 Å². The van der Waals surface area contributed by atoms with Crippen molar-refractivity contribution in [2.24, 2.45) is 5.73 Å². The highest BCUT2D eigenvalue weighted by Crippen LogP contribution is 2.21. The summed E-state index contributed by atoms with van der Waals surface area (Å²) in [6, 6.07) is 3.67. The topological polar surface area (TPSA) is 101 Å². The Morgan fingerprint density at radius 3 is 2.22 bits per heavy atom. The van der Waals surface area contributed by atoms with Gasteiger partial charge in [-0.05, 0) is 44.9 Å². The summed E-state index contributed by atoms with van der Waals surface area (Å²) in [5.41, 5.74) is 7.77. The number of benzene rings is 1. The average Bonchev–Trinajstić information content (AvgIpc) is 2.36. The average molecular weight is 364 g/mol. The van der Waals surface area contributed by atoms with Crippen LogP contribution in [0.1, 0.15) is 29.5 Å². The molecule has 0 aromatic heterocycles. The summed E-state index contributed by atoms with van der Waals surface area (Å²) in [4.78, 5) is 11.8. The number of carbonyl (C=O) groups is 1. The lowest BCUT2D eigenvalue weighted by Gasteiger charge is -2.13. The molecule has 1 amide bonds. The van der Waals surface area contributed by atoms with E-state index in [9.17, 15) is 13.2 Å². The van der Waals surface area contributed by atoms with Gasteiger partial charge in [-0.25, -0.2) is 13.1 Å². The van der Waals surface area contributed by atoms with E-state index in [1.54, 1.807) is 13.8 Å². The van der Waals surface area contributed by atoms with Crippen LogP contribution in [0, 0.1) is 20.8 Å². The van der Waals surface area contributed by atoms with Gasteiger partial charge in [0.05, 0.1) is 4.90 Å². The number of nitrogens with one attached hydrogen (secondary N) is 2. The fraction of sp³-hybridized carbons (Fsp3) is 0.533. The summed E-state index contributed by atoms with van der Waals surface area (Å²) in [5.74, 6) is -0.187. The molecule has 0 aliphatic carbocycles. The Kier molecular flexibility index (Phi) is 9.38. The van der Waals surface area contributed by atoms with Crippen LogP contribution in [0.4, 0.5) is 0 Å². The first-order valence-corrected chi connectivity index (χ1v) is 8.80. The van der Waals surface area contributed by atoms with Crippen LogP contribution in [-0.2, 0) is 14.8 Å². The molecule has 0 heterocycles. The van der Waals surface area contributed by atoms with Crippen molar-refractivity contribution in [1.82, 2.24) is 10.0 Å². The van der Waals surface area contributed by atoms with E-state index >= 15 is 0 Å². The third-order valence-corrected chi connectivity index (χ3v) is 4.99. The zero-order valence-electron chi connectivity index (χ0n) is 13.8. The highest BCUT2D eigenvalue weighted by molar-refractivity contribution is 7.89. The highest BCUT2D eigenvalue weighted by Gasteiger charge is 2.19. The summed E-state index contributed by atoms with van der Waals surface area (Å²) in [6.45, 7) is 6.57. The van der Waals surface area contributed by atoms with Gasteiger partial charge in [0.1, 0.15) is 0 Å². The molecule has 1 aromatic carbocycles. The largest absolute Gasteiger partial charge is 0.356 e. The van der Waals surface area contributed by atoms with E-state index in [0.717, 1.165) is 5.56 Å². The van der Waals surface area contributed by atoms with Crippen molar-refractivity contribution in [1.29, 1.82) is 0 Å². The predicted octanol–water partition coefficient (Wildman–Crippen LogP) is 1.17. The van der Waals surface area contributed by atoms with Crippen LogP contribution in [0.15, 0.2) is 17.0 Å². The van der Waals surface area contributed by atoms with Gasteiger partial charge in [0, 0.05) is 19.5 Å². The van der Waals surface area contributed by atoms with Crippen LogP contribution in [-0.4, -0.2) is 34.0 Å². The number of hydrogen-bond acceptors (Lipinski definition) is 4. The minimum Gasteiger partial charge on any atom is -0.356 e. The number of halogens is 1. The summed E-state index contributed by atoms with van der Waals surface area (Å²) in [7, 11) is -3.61. The molecule has 0 saturated heterocycles. The lowest BCUT2D eigenvalue weighted by atomic mass is 10.1. The Balaban J connectivity index is 0.00000484. The Morgan fingerprint density at radius 2 is 1.70 bits per heavy atom. The second-order valence-corrected chi connectivity index (χ2v) is 7.07. The predicted molar refractivity (Wildman–Crippen MR) is 94.4 cm³/mol. The molecule has 0 spiro atoms. The molecule has 0 unspecified atom stereocenters. The van der Waals surface area contributed by atoms with Gasteiger partial charge >= 0.3 is 0 Å². The van der Waals surface area contributed by atoms with Crippen LogP contribution in [0.25, 0.3) is 0 Å². The minimum absolute atomic E-state index is 0. The maximum atomic E-state index is 12.4. The first-order valence-electron chi connectivity index (χ1n) is 7.32. The molecule has 0 radical (unpaired) electrons. The molecular formula is C15H26ClN3O3S. The molecule has 0 saturated carbocycles. The first kappa shape index (κ1) is 21.9. The van der Waals surface area contributed by atoms with Crippen molar-refractivity contribution in [3.05, 3.63) is 28.8 Å². The minimum atomic E-state index is -3.61. The molecule has 1 rings (SSSR count). The monoisotopic (exact) mass is 363 g/mol. The van der Waals surface area contributed by atoms with E-state index in [2.05, 4.69) is 10.0 Å². The molecule has 0 aliphatic heterocycles. The standard InChI is InChI=1S/C15H25N3O3S.ClH/c1-11-9-12(2)15(13(3)10-11)22(20,21)18-8-5-14(19)17-7-4-6-16;/h9-10,18H,4-8,16H2,1-3H3,(H,17,19);1H. The number of carbonyl (C=O) groups excluding carboxylic acids is 1. The normalized spacial score (nSPS) is 11.0. The molecule has 4 N–H and O–H groups in total. The lowest BCUT2D eigenvalue weighted by Crippen LogP contribution is -2.32. The summed E-state index contributed by atoms with van der Waals surface area (Å²) in [5, 5.41) is 2.69. The molecule has 1 aromatic rings. The van der Waals surface area contributed by atoms with E-state index in [1.807, 2.05) is 19.1 Å². The van der Waals surface area contributed by atoms with Gasteiger partial charge in [-0.1, -0.05) is 17.7 Å². The molecule has 8 heteroatoms. The van der Waals surface area contributed by atoms with Gasteiger partial charge in [0.2, 0.25) is 15.9 Å². The molecule has 132 valence electrons. The van der Waals surface area contributed by atoms with Crippen molar-refractivity contribution in [2.75, 3.05) is 19.6 Å². The second-order valence-electron chi connectivity index (χ2n) is 5.37. The molecular weight excluding hydrogens is 338 g/mol. The third kappa shape index (κ3) is 6.87. The van der Waals surface area contributed by atoms with Gasteiger partial charge < -0.3 is 11.1 Å². The van der Waals surface area contributed by atoms with Crippen LogP contribution >= 0.6 is 12.4 Å². The molecule has 23 heavy (non-hydrogen) atoms. The number of nitrogens with two attached hydrogens (primary N) is 1. The Morgan fingerprint density at radius 1 is 1.13 bits per heavy atom. The van der Waals surface area contributed by atoms with E-state index in [0.29, 0.717) is 35.5 Å². The summed E-state index contributed by atoms with van der Waals surface area (Å²) < 4.78 is 27.2. The highest BCUT2D eigenvalue weighted by atomic mass is 35.5. The second kappa shape index (κ2) is 9.87. The van der Waals surface area contributed by atoms with Crippen LogP contribution in [0.5, 0.6) is 0 Å². The molecule has 0 bridgehead atoms. The van der Waals surface area contributed by atoms with E-state index < -0.39 is 10.0 Å².